The molecule has 0 amide bonds. The van der Waals surface area contributed by atoms with Crippen molar-refractivity contribution in [3.8, 4) is 0 Å². The maximum Gasteiger partial charge on any atom is 0.508 e. The van der Waals surface area contributed by atoms with Gasteiger partial charge in [-0.1, -0.05) is 0 Å². The standard InChI is InChI=1S/C6H14O5.C4H6O3/c7-1-5(9)3-11-4-6(10)2-8;1-3-2-6-4(5)7-3/h5-10H,1-4H2;3H,2H2,1H3. The highest BCUT2D eigenvalue weighted by atomic mass is 16.8. The van der Waals surface area contributed by atoms with Gasteiger partial charge in [-0.3, -0.25) is 0 Å². The highest BCUT2D eigenvalue weighted by Gasteiger charge is 2.19. The molecule has 0 aliphatic carbocycles. The van der Waals surface area contributed by atoms with E-state index in [0.29, 0.717) is 6.61 Å². The Hall–Kier alpha value is -0.930. The molecule has 0 bridgehead atoms. The molecule has 1 rings (SSSR count). The Morgan fingerprint density at radius 3 is 2.00 bits per heavy atom. The number of aliphatic hydroxyl groups is 4. The third kappa shape index (κ3) is 9.14. The lowest BCUT2D eigenvalue weighted by atomic mass is 10.4. The van der Waals surface area contributed by atoms with E-state index in [0.717, 1.165) is 0 Å². The minimum absolute atomic E-state index is 0.0342. The van der Waals surface area contributed by atoms with Crippen molar-refractivity contribution in [1.82, 2.24) is 0 Å². The molecule has 0 radical (unpaired) electrons. The first-order valence-corrected chi connectivity index (χ1v) is 5.48. The molecule has 1 saturated heterocycles. The van der Waals surface area contributed by atoms with E-state index >= 15 is 0 Å². The first kappa shape index (κ1) is 17.1. The van der Waals surface area contributed by atoms with E-state index in [2.05, 4.69) is 9.47 Å². The van der Waals surface area contributed by atoms with Crippen molar-refractivity contribution in [2.45, 2.75) is 25.2 Å². The average molecular weight is 268 g/mol. The summed E-state index contributed by atoms with van der Waals surface area (Å²) in [6.45, 7) is 1.38. The molecule has 1 fully saturated rings. The van der Waals surface area contributed by atoms with Gasteiger partial charge in [0.2, 0.25) is 0 Å². The minimum atomic E-state index is -0.916. The highest BCUT2D eigenvalue weighted by molar-refractivity contribution is 5.61. The van der Waals surface area contributed by atoms with Gasteiger partial charge in [0.1, 0.15) is 24.9 Å². The quantitative estimate of drug-likeness (QED) is 0.418. The minimum Gasteiger partial charge on any atom is -0.430 e. The van der Waals surface area contributed by atoms with Crippen LogP contribution in [0.25, 0.3) is 0 Å². The molecule has 18 heavy (non-hydrogen) atoms. The number of rotatable bonds is 6. The summed E-state index contributed by atoms with van der Waals surface area (Å²) in [5, 5.41) is 34.1. The fourth-order valence-electron chi connectivity index (χ4n) is 0.863. The van der Waals surface area contributed by atoms with Crippen molar-refractivity contribution < 1.29 is 39.4 Å². The zero-order valence-corrected chi connectivity index (χ0v) is 10.2. The largest absolute Gasteiger partial charge is 0.508 e. The van der Waals surface area contributed by atoms with Crippen LogP contribution in [0.4, 0.5) is 4.79 Å². The molecule has 0 aromatic carbocycles. The normalized spacial score (nSPS) is 21.4. The Morgan fingerprint density at radius 1 is 1.28 bits per heavy atom. The molecule has 3 atom stereocenters. The van der Waals surface area contributed by atoms with E-state index in [1.165, 1.54) is 0 Å². The summed E-state index contributed by atoms with van der Waals surface area (Å²) in [4.78, 5) is 10.0. The summed E-state index contributed by atoms with van der Waals surface area (Å²) in [6.07, 6.45) is -2.43. The van der Waals surface area contributed by atoms with Crippen LogP contribution in [0.2, 0.25) is 0 Å². The van der Waals surface area contributed by atoms with E-state index in [4.69, 9.17) is 25.2 Å². The summed E-state index contributed by atoms with van der Waals surface area (Å²) < 4.78 is 13.6. The average Bonchev–Trinajstić information content (AvgIpc) is 2.73. The molecule has 0 aromatic rings. The van der Waals surface area contributed by atoms with Gasteiger partial charge in [-0.15, -0.1) is 0 Å². The second-order valence-corrected chi connectivity index (χ2v) is 3.70. The Bertz CT molecular complexity index is 212. The molecule has 8 nitrogen and oxygen atoms in total. The molecular weight excluding hydrogens is 248 g/mol. The number of ether oxygens (including phenoxy) is 3. The molecule has 0 aromatic heterocycles. The molecule has 0 spiro atoms. The monoisotopic (exact) mass is 268 g/mol. The summed E-state index contributed by atoms with van der Waals surface area (Å²) in [5.41, 5.74) is 0. The number of aliphatic hydroxyl groups excluding tert-OH is 4. The van der Waals surface area contributed by atoms with Crippen LogP contribution in [-0.2, 0) is 14.2 Å². The van der Waals surface area contributed by atoms with Crippen LogP contribution in [0.1, 0.15) is 6.92 Å². The molecule has 1 aliphatic rings. The van der Waals surface area contributed by atoms with Crippen LogP contribution < -0.4 is 0 Å². The number of carbonyl (C=O) groups is 1. The SMILES string of the molecule is CC1COC(=O)O1.OCC(O)COCC(O)CO. The lowest BCUT2D eigenvalue weighted by Gasteiger charge is -2.10. The van der Waals surface area contributed by atoms with Crippen LogP contribution >= 0.6 is 0 Å². The van der Waals surface area contributed by atoms with Crippen LogP contribution in [0.3, 0.4) is 0 Å². The van der Waals surface area contributed by atoms with Crippen molar-refractivity contribution in [3.63, 3.8) is 0 Å². The fraction of sp³-hybridized carbons (Fsp3) is 0.900. The maximum absolute atomic E-state index is 10.0. The second kappa shape index (κ2) is 10.0. The number of hydrogen-bond acceptors (Lipinski definition) is 8. The number of carbonyl (C=O) groups excluding carboxylic acids is 1. The van der Waals surface area contributed by atoms with Crippen LogP contribution in [0.15, 0.2) is 0 Å². The smallest absolute Gasteiger partial charge is 0.430 e. The third-order valence-corrected chi connectivity index (χ3v) is 1.78. The summed E-state index contributed by atoms with van der Waals surface area (Å²) in [7, 11) is 0. The van der Waals surface area contributed by atoms with Gasteiger partial charge in [0.25, 0.3) is 0 Å². The summed E-state index contributed by atoms with van der Waals surface area (Å²) in [5.74, 6) is 0. The van der Waals surface area contributed by atoms with E-state index < -0.39 is 18.4 Å². The predicted octanol–water partition coefficient (Wildman–Crippen LogP) is -1.75. The van der Waals surface area contributed by atoms with E-state index in [9.17, 15) is 4.79 Å². The van der Waals surface area contributed by atoms with Crippen LogP contribution in [0.5, 0.6) is 0 Å². The van der Waals surface area contributed by atoms with Gasteiger partial charge in [0.15, 0.2) is 0 Å². The van der Waals surface area contributed by atoms with Crippen LogP contribution in [-0.4, -0.2) is 77.9 Å². The molecule has 108 valence electrons. The number of hydrogen-bond donors (Lipinski definition) is 4. The predicted molar refractivity (Wildman–Crippen MR) is 58.9 cm³/mol. The molecule has 1 aliphatic heterocycles. The van der Waals surface area contributed by atoms with Gasteiger partial charge < -0.3 is 34.6 Å². The summed E-state index contributed by atoms with van der Waals surface area (Å²) >= 11 is 0. The fourth-order valence-corrected chi connectivity index (χ4v) is 0.863. The molecular formula is C10H20O8. The molecule has 1 heterocycles. The van der Waals surface area contributed by atoms with Crippen LogP contribution in [0, 0.1) is 0 Å². The van der Waals surface area contributed by atoms with Gasteiger partial charge >= 0.3 is 6.16 Å². The van der Waals surface area contributed by atoms with Crippen molar-refractivity contribution in [2.75, 3.05) is 33.0 Å². The van der Waals surface area contributed by atoms with Crippen molar-refractivity contribution >= 4 is 6.16 Å². The molecule has 4 N–H and O–H groups in total. The van der Waals surface area contributed by atoms with E-state index in [-0.39, 0.29) is 32.5 Å². The van der Waals surface area contributed by atoms with Crippen molar-refractivity contribution in [1.29, 1.82) is 0 Å². The molecule has 8 heteroatoms. The lowest BCUT2D eigenvalue weighted by Crippen LogP contribution is -2.25. The zero-order chi connectivity index (χ0) is 14.0. The van der Waals surface area contributed by atoms with Gasteiger partial charge in [-0.05, 0) is 6.92 Å². The summed E-state index contributed by atoms with van der Waals surface area (Å²) in [6, 6.07) is 0. The zero-order valence-electron chi connectivity index (χ0n) is 10.2. The van der Waals surface area contributed by atoms with Crippen molar-refractivity contribution in [2.24, 2.45) is 0 Å². The highest BCUT2D eigenvalue weighted by Crippen LogP contribution is 2.02. The van der Waals surface area contributed by atoms with Gasteiger partial charge in [0, 0.05) is 0 Å². The van der Waals surface area contributed by atoms with Gasteiger partial charge in [0.05, 0.1) is 26.4 Å². The maximum atomic E-state index is 10.0. The topological polar surface area (TPSA) is 126 Å². The van der Waals surface area contributed by atoms with Crippen molar-refractivity contribution in [3.05, 3.63) is 0 Å². The lowest BCUT2D eigenvalue weighted by molar-refractivity contribution is -0.0364. The Morgan fingerprint density at radius 2 is 1.78 bits per heavy atom. The third-order valence-electron chi connectivity index (χ3n) is 1.78. The Kier molecular flexibility index (Phi) is 9.52. The first-order chi connectivity index (χ1) is 8.49. The van der Waals surface area contributed by atoms with E-state index in [1.807, 2.05) is 0 Å². The molecule has 0 saturated carbocycles. The van der Waals surface area contributed by atoms with E-state index in [1.54, 1.807) is 6.92 Å². The van der Waals surface area contributed by atoms with Gasteiger partial charge in [-0.2, -0.15) is 0 Å². The van der Waals surface area contributed by atoms with Gasteiger partial charge in [-0.25, -0.2) is 4.79 Å². The Balaban J connectivity index is 0.000000351. The second-order valence-electron chi connectivity index (χ2n) is 3.70. The Labute approximate surface area is 105 Å². The first-order valence-electron chi connectivity index (χ1n) is 5.48. The molecule has 3 unspecified atom stereocenters. The number of cyclic esters (lactones) is 2.